The lowest BCUT2D eigenvalue weighted by Gasteiger charge is -2.00. The van der Waals surface area contributed by atoms with Gasteiger partial charge in [-0.15, -0.1) is 8.42 Å². The fraction of sp³-hybridized carbons (Fsp3) is 0.143. The molecule has 1 aromatic carbocycles. The van der Waals surface area contributed by atoms with E-state index in [0.29, 0.717) is 11.3 Å². The molecule has 13 heavy (non-hydrogen) atoms. The number of rotatable bonds is 0. The maximum absolute atomic E-state index is 10.9. The maximum Gasteiger partial charge on any atom is 0.501 e. The fourth-order valence-corrected chi connectivity index (χ4v) is 1.88. The first-order valence-electron chi connectivity index (χ1n) is 3.52. The average molecular weight is 201 g/mol. The van der Waals surface area contributed by atoms with Crippen LogP contribution < -0.4 is 14.1 Å². The molecule has 0 aromatic heterocycles. The molecule has 0 unspecified atom stereocenters. The summed E-state index contributed by atoms with van der Waals surface area (Å²) in [5.74, 6) is 0.367. The Morgan fingerprint density at radius 3 is 2.69 bits per heavy atom. The van der Waals surface area contributed by atoms with E-state index in [9.17, 15) is 8.42 Å². The molecular formula is C7H7NO4S. The molecule has 1 heterocycles. The van der Waals surface area contributed by atoms with Crippen molar-refractivity contribution in [3.8, 4) is 11.5 Å². The van der Waals surface area contributed by atoms with Crippen molar-refractivity contribution in [2.45, 2.75) is 6.92 Å². The number of nitrogens with two attached hydrogens (primary N) is 1. The SMILES string of the molecule is Cc1c(N)ccc2c1OS(=O)(=O)O2. The van der Waals surface area contributed by atoms with Gasteiger partial charge in [-0.3, -0.25) is 0 Å². The van der Waals surface area contributed by atoms with Crippen molar-refractivity contribution in [1.82, 2.24) is 0 Å². The summed E-state index contributed by atoms with van der Waals surface area (Å²) in [6.45, 7) is 1.67. The summed E-state index contributed by atoms with van der Waals surface area (Å²) in [6.07, 6.45) is 0. The Morgan fingerprint density at radius 1 is 1.31 bits per heavy atom. The van der Waals surface area contributed by atoms with Crippen molar-refractivity contribution in [3.05, 3.63) is 17.7 Å². The summed E-state index contributed by atoms with van der Waals surface area (Å²) < 4.78 is 30.8. The second kappa shape index (κ2) is 2.29. The number of hydrogen-bond acceptors (Lipinski definition) is 5. The zero-order valence-electron chi connectivity index (χ0n) is 6.77. The van der Waals surface area contributed by atoms with Gasteiger partial charge in [0.05, 0.1) is 0 Å². The number of nitrogen functional groups attached to an aromatic ring is 1. The molecule has 6 heteroatoms. The zero-order chi connectivity index (χ0) is 9.64. The van der Waals surface area contributed by atoms with Crippen LogP contribution in [0.1, 0.15) is 5.56 Å². The van der Waals surface area contributed by atoms with Crippen molar-refractivity contribution in [2.24, 2.45) is 0 Å². The van der Waals surface area contributed by atoms with Crippen LogP contribution >= 0.6 is 0 Å². The molecule has 0 bridgehead atoms. The molecule has 0 aliphatic carbocycles. The van der Waals surface area contributed by atoms with Gasteiger partial charge in [0.2, 0.25) is 0 Å². The molecule has 2 rings (SSSR count). The lowest BCUT2D eigenvalue weighted by atomic mass is 10.2. The molecule has 0 radical (unpaired) electrons. The van der Waals surface area contributed by atoms with E-state index < -0.39 is 10.4 Å². The van der Waals surface area contributed by atoms with Crippen molar-refractivity contribution < 1.29 is 16.8 Å². The topological polar surface area (TPSA) is 78.6 Å². The standard InChI is InChI=1S/C7H7NO4S/c1-4-5(8)2-3-6-7(4)12-13(9,10)11-6/h2-3H,8H2,1H3. The zero-order valence-corrected chi connectivity index (χ0v) is 7.59. The lowest BCUT2D eigenvalue weighted by molar-refractivity contribution is 0.436. The first-order chi connectivity index (χ1) is 5.99. The number of anilines is 1. The summed E-state index contributed by atoms with van der Waals surface area (Å²) in [7, 11) is -3.90. The average Bonchev–Trinajstić information content (AvgIpc) is 2.34. The Labute approximate surface area is 75.4 Å². The summed E-state index contributed by atoms with van der Waals surface area (Å²) in [6, 6.07) is 3.03. The summed E-state index contributed by atoms with van der Waals surface area (Å²) in [4.78, 5) is 0. The minimum absolute atomic E-state index is 0.181. The Kier molecular flexibility index (Phi) is 1.44. The third-order valence-corrected chi connectivity index (χ3v) is 2.54. The van der Waals surface area contributed by atoms with Gasteiger partial charge in [-0.05, 0) is 19.1 Å². The van der Waals surface area contributed by atoms with Crippen molar-refractivity contribution >= 4 is 16.1 Å². The highest BCUT2D eigenvalue weighted by Gasteiger charge is 2.30. The van der Waals surface area contributed by atoms with Gasteiger partial charge in [-0.25, -0.2) is 0 Å². The van der Waals surface area contributed by atoms with Gasteiger partial charge in [0.1, 0.15) is 0 Å². The van der Waals surface area contributed by atoms with Crippen LogP contribution in [0.15, 0.2) is 12.1 Å². The van der Waals surface area contributed by atoms with Crippen LogP contribution in [0.3, 0.4) is 0 Å². The van der Waals surface area contributed by atoms with Crippen molar-refractivity contribution in [1.29, 1.82) is 0 Å². The van der Waals surface area contributed by atoms with Crippen molar-refractivity contribution in [2.75, 3.05) is 5.73 Å². The highest BCUT2D eigenvalue weighted by atomic mass is 32.3. The van der Waals surface area contributed by atoms with Crippen LogP contribution in [0.5, 0.6) is 11.5 Å². The largest absolute Gasteiger partial charge is 0.501 e. The molecule has 1 aliphatic rings. The van der Waals surface area contributed by atoms with E-state index in [0.717, 1.165) is 0 Å². The quantitative estimate of drug-likeness (QED) is 0.621. The molecule has 5 nitrogen and oxygen atoms in total. The van der Waals surface area contributed by atoms with Gasteiger partial charge in [-0.1, -0.05) is 0 Å². The first-order valence-corrected chi connectivity index (χ1v) is 4.86. The molecule has 1 aromatic rings. The molecule has 2 N–H and O–H groups in total. The van der Waals surface area contributed by atoms with E-state index in [1.54, 1.807) is 13.0 Å². The molecule has 0 saturated heterocycles. The summed E-state index contributed by atoms with van der Waals surface area (Å²) >= 11 is 0. The number of fused-ring (bicyclic) bond motifs is 1. The van der Waals surface area contributed by atoms with Gasteiger partial charge >= 0.3 is 10.4 Å². The van der Waals surface area contributed by atoms with E-state index in [1.807, 2.05) is 0 Å². The second-order valence-corrected chi connectivity index (χ2v) is 3.83. The fourth-order valence-electron chi connectivity index (χ4n) is 1.08. The van der Waals surface area contributed by atoms with Crippen LogP contribution in [0.25, 0.3) is 0 Å². The molecule has 0 saturated carbocycles. The normalized spacial score (nSPS) is 17.3. The molecular weight excluding hydrogens is 194 g/mol. The molecule has 70 valence electrons. The van der Waals surface area contributed by atoms with E-state index in [1.165, 1.54) is 6.07 Å². The molecule has 1 aliphatic heterocycles. The molecule has 0 atom stereocenters. The van der Waals surface area contributed by atoms with Gasteiger partial charge < -0.3 is 14.1 Å². The highest BCUT2D eigenvalue weighted by molar-refractivity contribution is 7.82. The Bertz CT molecular complexity index is 466. The summed E-state index contributed by atoms with van der Waals surface area (Å²) in [5, 5.41) is 0. The smallest absolute Gasteiger partial charge is 0.398 e. The van der Waals surface area contributed by atoms with Crippen LogP contribution in [0.2, 0.25) is 0 Å². The predicted molar refractivity (Wildman–Crippen MR) is 45.8 cm³/mol. The third kappa shape index (κ3) is 1.19. The maximum atomic E-state index is 10.9. The monoisotopic (exact) mass is 201 g/mol. The van der Waals surface area contributed by atoms with E-state index in [2.05, 4.69) is 8.37 Å². The lowest BCUT2D eigenvalue weighted by Crippen LogP contribution is -2.08. The van der Waals surface area contributed by atoms with E-state index in [4.69, 9.17) is 5.73 Å². The number of hydrogen-bond donors (Lipinski definition) is 1. The molecule has 0 fully saturated rings. The third-order valence-electron chi connectivity index (χ3n) is 1.79. The van der Waals surface area contributed by atoms with Gasteiger partial charge in [-0.2, -0.15) is 0 Å². The van der Waals surface area contributed by atoms with E-state index in [-0.39, 0.29) is 11.5 Å². The molecule has 0 amide bonds. The van der Waals surface area contributed by atoms with Crippen LogP contribution in [-0.2, 0) is 10.4 Å². The first kappa shape index (κ1) is 8.18. The minimum atomic E-state index is -3.90. The second-order valence-electron chi connectivity index (χ2n) is 2.68. The van der Waals surface area contributed by atoms with E-state index >= 15 is 0 Å². The Hall–Kier alpha value is -1.43. The van der Waals surface area contributed by atoms with Crippen LogP contribution in [0.4, 0.5) is 5.69 Å². The van der Waals surface area contributed by atoms with Gasteiger partial charge in [0, 0.05) is 11.3 Å². The highest BCUT2D eigenvalue weighted by Crippen LogP contribution is 2.40. The van der Waals surface area contributed by atoms with Crippen molar-refractivity contribution in [3.63, 3.8) is 0 Å². The Morgan fingerprint density at radius 2 is 2.00 bits per heavy atom. The van der Waals surface area contributed by atoms with Gasteiger partial charge in [0.25, 0.3) is 0 Å². The number of benzene rings is 1. The minimum Gasteiger partial charge on any atom is -0.398 e. The van der Waals surface area contributed by atoms with Gasteiger partial charge in [0.15, 0.2) is 11.5 Å². The van der Waals surface area contributed by atoms with Crippen LogP contribution in [0, 0.1) is 6.92 Å². The Balaban J connectivity index is 2.65. The predicted octanol–water partition coefficient (Wildman–Crippen LogP) is 0.593. The summed E-state index contributed by atoms with van der Waals surface area (Å²) in [5.41, 5.74) is 6.59. The van der Waals surface area contributed by atoms with Crippen LogP contribution in [-0.4, -0.2) is 8.42 Å². The molecule has 0 spiro atoms.